The first-order valence-electron chi connectivity index (χ1n) is 8.71. The van der Waals surface area contributed by atoms with Crippen LogP contribution in [0.5, 0.6) is 0 Å². The van der Waals surface area contributed by atoms with Crippen LogP contribution in [0.2, 0.25) is 0 Å². The Balaban J connectivity index is 1.95. The first-order valence-corrected chi connectivity index (χ1v) is 8.71. The molecule has 0 fully saturated rings. The maximum absolute atomic E-state index is 4.59. The van der Waals surface area contributed by atoms with Crippen molar-refractivity contribution in [2.24, 2.45) is 0 Å². The van der Waals surface area contributed by atoms with Crippen LogP contribution in [0.3, 0.4) is 0 Å². The van der Waals surface area contributed by atoms with Crippen LogP contribution >= 0.6 is 0 Å². The molecule has 0 aliphatic carbocycles. The zero-order valence-electron chi connectivity index (χ0n) is 15.3. The number of anilines is 1. The second kappa shape index (κ2) is 7.61. The van der Waals surface area contributed by atoms with E-state index in [1.165, 1.54) is 5.56 Å². The second-order valence-electron chi connectivity index (χ2n) is 6.94. The molecule has 0 saturated heterocycles. The van der Waals surface area contributed by atoms with E-state index in [4.69, 9.17) is 0 Å². The predicted molar refractivity (Wildman–Crippen MR) is 101 cm³/mol. The quantitative estimate of drug-likeness (QED) is 0.716. The van der Waals surface area contributed by atoms with Crippen LogP contribution in [0.1, 0.15) is 43.5 Å². The molecule has 0 bridgehead atoms. The van der Waals surface area contributed by atoms with Crippen molar-refractivity contribution in [3.05, 3.63) is 54.0 Å². The fourth-order valence-electron chi connectivity index (χ4n) is 2.82. The summed E-state index contributed by atoms with van der Waals surface area (Å²) in [6.07, 6.45) is 2.65. The van der Waals surface area contributed by atoms with E-state index in [0.29, 0.717) is 5.92 Å². The number of nitrogens with one attached hydrogen (secondary N) is 1. The van der Waals surface area contributed by atoms with Gasteiger partial charge in [0.05, 0.1) is 17.4 Å². The van der Waals surface area contributed by atoms with Crippen molar-refractivity contribution in [1.29, 1.82) is 0 Å². The minimum absolute atomic E-state index is 0.200. The number of rotatable bonds is 7. The van der Waals surface area contributed by atoms with Crippen LogP contribution < -0.4 is 5.32 Å². The Labute approximate surface area is 148 Å². The van der Waals surface area contributed by atoms with Crippen LogP contribution in [0.25, 0.3) is 5.65 Å². The number of aromatic nitrogens is 4. The Morgan fingerprint density at radius 2 is 1.92 bits per heavy atom. The van der Waals surface area contributed by atoms with Gasteiger partial charge in [-0.3, -0.25) is 0 Å². The van der Waals surface area contributed by atoms with Crippen LogP contribution in [-0.4, -0.2) is 45.4 Å². The number of fused-ring (bicyclic) bond motifs is 1. The van der Waals surface area contributed by atoms with Gasteiger partial charge in [-0.05, 0) is 44.6 Å². The van der Waals surface area contributed by atoms with Gasteiger partial charge in [0.25, 0.3) is 0 Å². The van der Waals surface area contributed by atoms with E-state index in [0.717, 1.165) is 30.0 Å². The molecule has 1 aromatic carbocycles. The van der Waals surface area contributed by atoms with E-state index in [1.807, 2.05) is 6.07 Å². The summed E-state index contributed by atoms with van der Waals surface area (Å²) in [6, 6.07) is 12.8. The zero-order valence-corrected chi connectivity index (χ0v) is 15.3. The molecule has 0 aliphatic rings. The molecule has 1 atom stereocenters. The van der Waals surface area contributed by atoms with E-state index in [1.54, 1.807) is 10.8 Å². The van der Waals surface area contributed by atoms with Crippen LogP contribution in [0, 0.1) is 0 Å². The average molecular weight is 338 g/mol. The second-order valence-corrected chi connectivity index (χ2v) is 6.94. The Morgan fingerprint density at radius 1 is 1.16 bits per heavy atom. The Kier molecular flexibility index (Phi) is 5.28. The summed E-state index contributed by atoms with van der Waals surface area (Å²) in [4.78, 5) is 2.20. The fourth-order valence-corrected chi connectivity index (χ4v) is 2.82. The smallest absolute Gasteiger partial charge is 0.200 e. The average Bonchev–Trinajstić information content (AvgIpc) is 3.07. The Morgan fingerprint density at radius 3 is 2.60 bits per heavy atom. The third kappa shape index (κ3) is 4.14. The fraction of sp³-hybridized carbons (Fsp3) is 0.421. The molecule has 6 heteroatoms. The molecule has 0 saturated carbocycles. The molecule has 1 unspecified atom stereocenters. The van der Waals surface area contributed by atoms with E-state index in [9.17, 15) is 0 Å². The molecule has 0 amide bonds. The van der Waals surface area contributed by atoms with Gasteiger partial charge in [0.1, 0.15) is 6.33 Å². The third-order valence-electron chi connectivity index (χ3n) is 4.28. The highest BCUT2D eigenvalue weighted by atomic mass is 15.3. The molecular weight excluding hydrogens is 312 g/mol. The SMILES string of the molecule is CC(C)c1cc(NC(CCN(C)C)c2ccccc2)c2nncn2n1. The van der Waals surface area contributed by atoms with E-state index >= 15 is 0 Å². The highest BCUT2D eigenvalue weighted by Crippen LogP contribution is 2.27. The lowest BCUT2D eigenvalue weighted by molar-refractivity contribution is 0.388. The van der Waals surface area contributed by atoms with Gasteiger partial charge in [0, 0.05) is 0 Å². The van der Waals surface area contributed by atoms with Gasteiger partial charge in [-0.25, -0.2) is 0 Å². The molecule has 3 aromatic rings. The van der Waals surface area contributed by atoms with Gasteiger partial charge >= 0.3 is 0 Å². The number of hydrogen-bond acceptors (Lipinski definition) is 5. The maximum atomic E-state index is 4.59. The normalized spacial score (nSPS) is 12.9. The molecule has 2 heterocycles. The van der Waals surface area contributed by atoms with Crippen LogP contribution in [-0.2, 0) is 0 Å². The minimum Gasteiger partial charge on any atom is -0.375 e. The van der Waals surface area contributed by atoms with E-state index < -0.39 is 0 Å². The summed E-state index contributed by atoms with van der Waals surface area (Å²) in [6.45, 7) is 5.28. The lowest BCUT2D eigenvalue weighted by atomic mass is 10.0. The predicted octanol–water partition coefficient (Wildman–Crippen LogP) is 3.35. The number of hydrogen-bond donors (Lipinski definition) is 1. The number of nitrogens with zero attached hydrogens (tertiary/aromatic N) is 5. The number of benzene rings is 1. The lowest BCUT2D eigenvalue weighted by Crippen LogP contribution is -2.20. The molecule has 0 radical (unpaired) electrons. The van der Waals surface area contributed by atoms with Crippen molar-refractivity contribution in [1.82, 2.24) is 24.7 Å². The van der Waals surface area contributed by atoms with Crippen molar-refractivity contribution < 1.29 is 0 Å². The first-order chi connectivity index (χ1) is 12.0. The molecule has 6 nitrogen and oxygen atoms in total. The standard InChI is InChI=1S/C19H26N6/c1-14(2)17-12-18(19-22-20-13-25(19)23-17)21-16(10-11-24(3)4)15-8-6-5-7-9-15/h5-9,12-14,16,21H,10-11H2,1-4H3. The van der Waals surface area contributed by atoms with Gasteiger partial charge in [-0.15, -0.1) is 10.2 Å². The Hall–Kier alpha value is -2.47. The summed E-state index contributed by atoms with van der Waals surface area (Å²) < 4.78 is 1.76. The molecule has 0 aliphatic heterocycles. The summed E-state index contributed by atoms with van der Waals surface area (Å²) in [5.74, 6) is 0.337. The van der Waals surface area contributed by atoms with Gasteiger partial charge < -0.3 is 10.2 Å². The van der Waals surface area contributed by atoms with Gasteiger partial charge in [0.2, 0.25) is 5.65 Å². The highest BCUT2D eigenvalue weighted by Gasteiger charge is 2.16. The van der Waals surface area contributed by atoms with Gasteiger partial charge in [-0.1, -0.05) is 44.2 Å². The summed E-state index contributed by atoms with van der Waals surface area (Å²) in [5, 5.41) is 16.5. The largest absolute Gasteiger partial charge is 0.375 e. The van der Waals surface area contributed by atoms with Crippen molar-refractivity contribution >= 4 is 11.3 Å². The van der Waals surface area contributed by atoms with Crippen LogP contribution in [0.4, 0.5) is 5.69 Å². The molecule has 2 aromatic heterocycles. The van der Waals surface area contributed by atoms with E-state index in [2.05, 4.69) is 83.8 Å². The van der Waals surface area contributed by atoms with Crippen molar-refractivity contribution in [2.75, 3.05) is 26.0 Å². The minimum atomic E-state index is 0.200. The highest BCUT2D eigenvalue weighted by molar-refractivity contribution is 5.67. The van der Waals surface area contributed by atoms with Gasteiger partial charge in [0.15, 0.2) is 0 Å². The lowest BCUT2D eigenvalue weighted by Gasteiger charge is -2.23. The van der Waals surface area contributed by atoms with Crippen LogP contribution in [0.15, 0.2) is 42.7 Å². The Bertz CT molecular complexity index is 809. The van der Waals surface area contributed by atoms with Gasteiger partial charge in [-0.2, -0.15) is 9.61 Å². The van der Waals surface area contributed by atoms with Crippen molar-refractivity contribution in [3.63, 3.8) is 0 Å². The third-order valence-corrected chi connectivity index (χ3v) is 4.28. The van der Waals surface area contributed by atoms with Crippen molar-refractivity contribution in [3.8, 4) is 0 Å². The molecule has 25 heavy (non-hydrogen) atoms. The molecular formula is C19H26N6. The zero-order chi connectivity index (χ0) is 17.8. The summed E-state index contributed by atoms with van der Waals surface area (Å²) >= 11 is 0. The molecule has 1 N–H and O–H groups in total. The topological polar surface area (TPSA) is 58.3 Å². The first kappa shape index (κ1) is 17.4. The van der Waals surface area contributed by atoms with Crippen molar-refractivity contribution in [2.45, 2.75) is 32.2 Å². The molecule has 3 rings (SSSR count). The summed E-state index contributed by atoms with van der Waals surface area (Å²) in [7, 11) is 4.20. The van der Waals surface area contributed by atoms with E-state index in [-0.39, 0.29) is 6.04 Å². The summed E-state index contributed by atoms with van der Waals surface area (Å²) in [5.41, 5.74) is 4.03. The monoisotopic (exact) mass is 338 g/mol. The molecule has 0 spiro atoms. The molecule has 132 valence electrons. The maximum Gasteiger partial charge on any atom is 0.200 e.